The van der Waals surface area contributed by atoms with Gasteiger partial charge in [-0.2, -0.15) is 0 Å². The fourth-order valence-corrected chi connectivity index (χ4v) is 3.03. The molecule has 0 aromatic heterocycles. The maximum absolute atomic E-state index is 9.20. The van der Waals surface area contributed by atoms with Crippen molar-refractivity contribution in [1.82, 2.24) is 0 Å². The van der Waals surface area contributed by atoms with E-state index < -0.39 is 0 Å². The molecule has 0 heterocycles. The second-order valence-corrected chi connectivity index (χ2v) is 6.25. The van der Waals surface area contributed by atoms with E-state index in [0.29, 0.717) is 0 Å². The van der Waals surface area contributed by atoms with Crippen LogP contribution in [-0.2, 0) is 6.42 Å². The molecule has 0 amide bonds. The number of aryl methyl sites for hydroxylation is 1. The first-order chi connectivity index (χ1) is 9.88. The Morgan fingerprint density at radius 1 is 0.800 bits per heavy atom. The zero-order chi connectivity index (χ0) is 14.5. The molecule has 1 aromatic rings. The van der Waals surface area contributed by atoms with Crippen molar-refractivity contribution in [3.63, 3.8) is 0 Å². The van der Waals surface area contributed by atoms with Gasteiger partial charge in [0.25, 0.3) is 0 Å². The number of hydrogen-bond acceptors (Lipinski definition) is 2. The summed E-state index contributed by atoms with van der Waals surface area (Å²) in [4.78, 5) is 1.02. The van der Waals surface area contributed by atoms with Crippen molar-refractivity contribution in [1.29, 1.82) is 0 Å². The molecular formula is C18H30OS. The Morgan fingerprint density at radius 2 is 1.35 bits per heavy atom. The van der Waals surface area contributed by atoms with Crippen molar-refractivity contribution in [2.24, 2.45) is 0 Å². The summed E-state index contributed by atoms with van der Waals surface area (Å²) < 4.78 is 9.20. The van der Waals surface area contributed by atoms with Crippen LogP contribution in [0, 0.1) is 0 Å². The number of rotatable bonds is 12. The van der Waals surface area contributed by atoms with E-state index in [-0.39, 0.29) is 0 Å². The molecule has 0 aliphatic rings. The van der Waals surface area contributed by atoms with Gasteiger partial charge < -0.3 is 4.55 Å². The topological polar surface area (TPSA) is 20.2 Å². The lowest BCUT2D eigenvalue weighted by Gasteiger charge is -2.06. The van der Waals surface area contributed by atoms with Gasteiger partial charge in [0.1, 0.15) is 0 Å². The summed E-state index contributed by atoms with van der Waals surface area (Å²) >= 11 is 0.877. The van der Waals surface area contributed by atoms with Crippen molar-refractivity contribution >= 4 is 12.0 Å². The van der Waals surface area contributed by atoms with Crippen molar-refractivity contribution in [2.45, 2.75) is 82.4 Å². The van der Waals surface area contributed by atoms with Crippen LogP contribution in [0.5, 0.6) is 0 Å². The highest BCUT2D eigenvalue weighted by atomic mass is 32.2. The van der Waals surface area contributed by atoms with Gasteiger partial charge in [0, 0.05) is 16.9 Å². The standard InChI is InChI=1S/C18H30OS/c1-2-3-4-5-6-7-8-9-10-11-14-17-15-12-13-16-18(17)20-19/h12-13,15-16,19H,2-11,14H2,1H3. The summed E-state index contributed by atoms with van der Waals surface area (Å²) in [5, 5.41) is 0. The van der Waals surface area contributed by atoms with Gasteiger partial charge in [-0.15, -0.1) is 0 Å². The molecule has 114 valence electrons. The second kappa shape index (κ2) is 12.3. The molecule has 0 aliphatic carbocycles. The minimum atomic E-state index is 0.877. The van der Waals surface area contributed by atoms with Crippen LogP contribution in [0.4, 0.5) is 0 Å². The fraction of sp³-hybridized carbons (Fsp3) is 0.667. The molecule has 0 unspecified atom stereocenters. The number of hydrogen-bond donors (Lipinski definition) is 1. The van der Waals surface area contributed by atoms with Crippen LogP contribution < -0.4 is 0 Å². The largest absolute Gasteiger partial charge is 0.325 e. The van der Waals surface area contributed by atoms with E-state index in [0.717, 1.165) is 23.4 Å². The summed E-state index contributed by atoms with van der Waals surface area (Å²) in [5.74, 6) is 0. The van der Waals surface area contributed by atoms with Gasteiger partial charge in [-0.1, -0.05) is 82.9 Å². The normalized spacial score (nSPS) is 10.9. The Bertz CT molecular complexity index is 338. The van der Waals surface area contributed by atoms with Gasteiger partial charge in [0.05, 0.1) is 0 Å². The van der Waals surface area contributed by atoms with Crippen molar-refractivity contribution in [3.8, 4) is 0 Å². The van der Waals surface area contributed by atoms with Crippen LogP contribution in [0.2, 0.25) is 0 Å². The van der Waals surface area contributed by atoms with E-state index >= 15 is 0 Å². The van der Waals surface area contributed by atoms with Gasteiger partial charge in [0.15, 0.2) is 0 Å². The lowest BCUT2D eigenvalue weighted by Crippen LogP contribution is -1.89. The van der Waals surface area contributed by atoms with Crippen LogP contribution in [0.3, 0.4) is 0 Å². The minimum Gasteiger partial charge on any atom is -0.325 e. The van der Waals surface area contributed by atoms with E-state index in [4.69, 9.17) is 0 Å². The molecule has 0 saturated heterocycles. The summed E-state index contributed by atoms with van der Waals surface area (Å²) in [6.07, 6.45) is 14.8. The van der Waals surface area contributed by atoms with Gasteiger partial charge in [-0.25, -0.2) is 0 Å². The first-order valence-corrected chi connectivity index (χ1v) is 9.05. The minimum absolute atomic E-state index is 0.877. The molecule has 2 heteroatoms. The molecule has 1 N–H and O–H groups in total. The first kappa shape index (κ1) is 17.6. The van der Waals surface area contributed by atoms with E-state index in [1.54, 1.807) is 0 Å². The first-order valence-electron chi connectivity index (χ1n) is 8.27. The average Bonchev–Trinajstić information content (AvgIpc) is 2.49. The predicted octanol–water partition coefficient (Wildman–Crippen LogP) is 6.72. The van der Waals surface area contributed by atoms with Gasteiger partial charge in [0.2, 0.25) is 0 Å². The van der Waals surface area contributed by atoms with E-state index in [2.05, 4.69) is 19.1 Å². The average molecular weight is 295 g/mol. The molecule has 1 aromatic carbocycles. The summed E-state index contributed by atoms with van der Waals surface area (Å²) in [7, 11) is 0. The molecular weight excluding hydrogens is 264 g/mol. The second-order valence-electron chi connectivity index (χ2n) is 5.63. The fourth-order valence-electron chi connectivity index (χ4n) is 2.60. The Hall–Kier alpha value is -0.470. The molecule has 0 saturated carbocycles. The maximum Gasteiger partial charge on any atom is 0.0382 e. The zero-order valence-electron chi connectivity index (χ0n) is 12.9. The summed E-state index contributed by atoms with van der Waals surface area (Å²) in [6.45, 7) is 2.27. The van der Waals surface area contributed by atoms with Crippen molar-refractivity contribution < 1.29 is 4.55 Å². The van der Waals surface area contributed by atoms with E-state index in [1.165, 1.54) is 69.8 Å². The lowest BCUT2D eigenvalue weighted by molar-refractivity contribution is 0.555. The third-order valence-electron chi connectivity index (χ3n) is 3.87. The number of benzene rings is 1. The third kappa shape index (κ3) is 7.96. The Kier molecular flexibility index (Phi) is 10.8. The highest BCUT2D eigenvalue weighted by Gasteiger charge is 2.01. The molecule has 1 nitrogen and oxygen atoms in total. The number of unbranched alkanes of at least 4 members (excludes halogenated alkanes) is 9. The highest BCUT2D eigenvalue weighted by Crippen LogP contribution is 2.21. The van der Waals surface area contributed by atoms with Gasteiger partial charge in [-0.05, 0) is 24.5 Å². The Morgan fingerprint density at radius 3 is 1.95 bits per heavy atom. The molecule has 1 rings (SSSR count). The SMILES string of the molecule is CCCCCCCCCCCCc1ccccc1SO. The molecule has 0 radical (unpaired) electrons. The molecule has 0 fully saturated rings. The van der Waals surface area contributed by atoms with Crippen LogP contribution in [0.15, 0.2) is 29.2 Å². The van der Waals surface area contributed by atoms with Crippen LogP contribution in [0.1, 0.15) is 76.7 Å². The Balaban J connectivity index is 1.97. The van der Waals surface area contributed by atoms with Crippen molar-refractivity contribution in [2.75, 3.05) is 0 Å². The van der Waals surface area contributed by atoms with Gasteiger partial charge >= 0.3 is 0 Å². The van der Waals surface area contributed by atoms with Crippen LogP contribution in [-0.4, -0.2) is 4.55 Å². The Labute approximate surface area is 129 Å². The quantitative estimate of drug-likeness (QED) is 0.341. The lowest BCUT2D eigenvalue weighted by atomic mass is 10.0. The van der Waals surface area contributed by atoms with E-state index in [9.17, 15) is 4.55 Å². The van der Waals surface area contributed by atoms with E-state index in [1.807, 2.05) is 12.1 Å². The third-order valence-corrected chi connectivity index (χ3v) is 4.47. The van der Waals surface area contributed by atoms with Gasteiger partial charge in [-0.3, -0.25) is 0 Å². The summed E-state index contributed by atoms with van der Waals surface area (Å²) in [5.41, 5.74) is 1.29. The van der Waals surface area contributed by atoms with Crippen LogP contribution >= 0.6 is 12.0 Å². The monoisotopic (exact) mass is 294 g/mol. The smallest absolute Gasteiger partial charge is 0.0382 e. The summed E-state index contributed by atoms with van der Waals surface area (Å²) in [6, 6.07) is 8.18. The highest BCUT2D eigenvalue weighted by molar-refractivity contribution is 7.93. The maximum atomic E-state index is 9.20. The van der Waals surface area contributed by atoms with Crippen LogP contribution in [0.25, 0.3) is 0 Å². The molecule has 0 aliphatic heterocycles. The predicted molar refractivity (Wildman–Crippen MR) is 90.5 cm³/mol. The molecule has 0 bridgehead atoms. The zero-order valence-corrected chi connectivity index (χ0v) is 13.8. The molecule has 0 spiro atoms. The molecule has 0 atom stereocenters. The molecule has 20 heavy (non-hydrogen) atoms. The van der Waals surface area contributed by atoms with Crippen molar-refractivity contribution in [3.05, 3.63) is 29.8 Å².